The normalized spacial score (nSPS) is 16.9. The van der Waals surface area contributed by atoms with Crippen molar-refractivity contribution in [3.63, 3.8) is 0 Å². The van der Waals surface area contributed by atoms with E-state index < -0.39 is 0 Å². The number of methoxy groups -OCH3 is 2. The van der Waals surface area contributed by atoms with E-state index in [2.05, 4.69) is 72.8 Å². The molecule has 1 saturated heterocycles. The molecule has 0 aliphatic carbocycles. The molecule has 0 saturated carbocycles. The fourth-order valence-corrected chi connectivity index (χ4v) is 5.33. The highest BCUT2D eigenvalue weighted by Gasteiger charge is 2.40. The third-order valence-electron chi connectivity index (χ3n) is 7.23. The summed E-state index contributed by atoms with van der Waals surface area (Å²) >= 11 is 0. The highest BCUT2D eigenvalue weighted by atomic mass is 16.5. The number of aliphatic imine (C=N–C) groups is 1. The zero-order valence-corrected chi connectivity index (χ0v) is 19.4. The lowest BCUT2D eigenvalue weighted by atomic mass is 9.69. The predicted molar refractivity (Wildman–Crippen MR) is 132 cm³/mol. The van der Waals surface area contributed by atoms with Crippen LogP contribution < -0.4 is 9.47 Å². The van der Waals surface area contributed by atoms with Crippen LogP contribution in [0.25, 0.3) is 0 Å². The van der Waals surface area contributed by atoms with E-state index in [1.165, 1.54) is 22.3 Å². The average molecular weight is 442 g/mol. The third-order valence-corrected chi connectivity index (χ3v) is 7.23. The number of hydrogen-bond donors (Lipinski definition) is 0. The SMILES string of the molecule is COc1cc2c(cc1OC)C1(CCOCC1)CN=C2CC(c1ccccc1)c1ccccc1. The Bertz CT molecular complexity index is 1080. The number of ether oxygens (including phenoxy) is 3. The lowest BCUT2D eigenvalue weighted by molar-refractivity contribution is 0.0524. The van der Waals surface area contributed by atoms with Gasteiger partial charge < -0.3 is 14.2 Å². The van der Waals surface area contributed by atoms with Gasteiger partial charge in [-0.05, 0) is 41.7 Å². The predicted octanol–water partition coefficient (Wildman–Crippen LogP) is 5.78. The molecule has 4 nitrogen and oxygen atoms in total. The Morgan fingerprint density at radius 3 is 2.00 bits per heavy atom. The molecule has 0 atom stereocenters. The fourth-order valence-electron chi connectivity index (χ4n) is 5.33. The summed E-state index contributed by atoms with van der Waals surface area (Å²) in [6.45, 7) is 2.34. The molecule has 0 aromatic heterocycles. The van der Waals surface area contributed by atoms with Crippen LogP contribution >= 0.6 is 0 Å². The van der Waals surface area contributed by atoms with E-state index in [1.54, 1.807) is 14.2 Å². The van der Waals surface area contributed by atoms with Crippen LogP contribution in [-0.4, -0.2) is 39.7 Å². The topological polar surface area (TPSA) is 40.0 Å². The summed E-state index contributed by atoms with van der Waals surface area (Å²) in [5, 5.41) is 0. The van der Waals surface area contributed by atoms with Gasteiger partial charge in [-0.1, -0.05) is 60.7 Å². The molecule has 0 N–H and O–H groups in total. The quantitative estimate of drug-likeness (QED) is 0.487. The molecule has 0 radical (unpaired) electrons. The van der Waals surface area contributed by atoms with Gasteiger partial charge in [0, 0.05) is 48.8 Å². The van der Waals surface area contributed by atoms with Crippen molar-refractivity contribution in [1.29, 1.82) is 0 Å². The van der Waals surface area contributed by atoms with Gasteiger partial charge in [-0.15, -0.1) is 0 Å². The molecule has 2 aliphatic rings. The van der Waals surface area contributed by atoms with Gasteiger partial charge in [0.1, 0.15) is 0 Å². The molecular formula is C29H31NO3. The zero-order valence-electron chi connectivity index (χ0n) is 19.4. The Morgan fingerprint density at radius 2 is 1.42 bits per heavy atom. The van der Waals surface area contributed by atoms with Crippen LogP contribution in [0.1, 0.15) is 47.4 Å². The second-order valence-electron chi connectivity index (χ2n) is 8.99. The minimum absolute atomic E-state index is 0.00558. The lowest BCUT2D eigenvalue weighted by Crippen LogP contribution is -2.41. The van der Waals surface area contributed by atoms with E-state index in [1.807, 2.05) is 0 Å². The highest BCUT2D eigenvalue weighted by molar-refractivity contribution is 6.04. The summed E-state index contributed by atoms with van der Waals surface area (Å²) < 4.78 is 17.1. The minimum Gasteiger partial charge on any atom is -0.493 e. The van der Waals surface area contributed by atoms with Crippen LogP contribution in [-0.2, 0) is 10.2 Å². The highest BCUT2D eigenvalue weighted by Crippen LogP contribution is 2.45. The monoisotopic (exact) mass is 441 g/mol. The van der Waals surface area contributed by atoms with Gasteiger partial charge >= 0.3 is 0 Å². The summed E-state index contributed by atoms with van der Waals surface area (Å²) in [7, 11) is 3.41. The molecule has 3 aromatic rings. The van der Waals surface area contributed by atoms with Crippen molar-refractivity contribution < 1.29 is 14.2 Å². The number of rotatable bonds is 6. The van der Waals surface area contributed by atoms with Crippen LogP contribution in [0.4, 0.5) is 0 Å². The Kier molecular flexibility index (Phi) is 6.19. The number of benzene rings is 3. The minimum atomic E-state index is 0.00558. The Morgan fingerprint density at radius 1 is 0.848 bits per heavy atom. The molecule has 1 fully saturated rings. The van der Waals surface area contributed by atoms with Gasteiger partial charge in [0.05, 0.1) is 14.2 Å². The molecule has 3 aromatic carbocycles. The molecule has 2 aliphatic heterocycles. The van der Waals surface area contributed by atoms with Crippen molar-refractivity contribution in [2.45, 2.75) is 30.6 Å². The molecule has 2 heterocycles. The van der Waals surface area contributed by atoms with E-state index in [9.17, 15) is 0 Å². The van der Waals surface area contributed by atoms with Crippen molar-refractivity contribution >= 4 is 5.71 Å². The fraction of sp³-hybridized carbons (Fsp3) is 0.345. The molecule has 1 spiro atoms. The molecule has 5 rings (SSSR count). The van der Waals surface area contributed by atoms with Crippen molar-refractivity contribution in [2.75, 3.05) is 34.0 Å². The number of fused-ring (bicyclic) bond motifs is 2. The van der Waals surface area contributed by atoms with Crippen LogP contribution in [0.3, 0.4) is 0 Å². The zero-order chi connectivity index (χ0) is 22.7. The molecule has 33 heavy (non-hydrogen) atoms. The van der Waals surface area contributed by atoms with Gasteiger partial charge in [-0.25, -0.2) is 0 Å². The summed E-state index contributed by atoms with van der Waals surface area (Å²) in [5.41, 5.74) is 6.28. The maximum atomic E-state index is 5.72. The smallest absolute Gasteiger partial charge is 0.161 e. The van der Waals surface area contributed by atoms with E-state index in [0.29, 0.717) is 0 Å². The van der Waals surface area contributed by atoms with Crippen molar-refractivity contribution in [1.82, 2.24) is 0 Å². The first-order valence-electron chi connectivity index (χ1n) is 11.7. The van der Waals surface area contributed by atoms with Gasteiger partial charge in [-0.2, -0.15) is 0 Å². The number of nitrogens with zero attached hydrogens (tertiary/aromatic N) is 1. The Labute approximate surface area is 196 Å². The van der Waals surface area contributed by atoms with E-state index >= 15 is 0 Å². The molecular weight excluding hydrogens is 410 g/mol. The maximum Gasteiger partial charge on any atom is 0.161 e. The molecule has 0 unspecified atom stereocenters. The standard InChI is InChI=1S/C29H31NO3/c1-31-27-18-24-25(19-28(27)32-2)29(13-15-33-16-14-29)20-30-26(24)17-23(21-9-5-3-6-10-21)22-11-7-4-8-12-22/h3-12,18-19,23H,13-17,20H2,1-2H3. The second-order valence-corrected chi connectivity index (χ2v) is 8.99. The summed E-state index contributed by atoms with van der Waals surface area (Å²) in [6, 6.07) is 25.8. The van der Waals surface area contributed by atoms with Crippen LogP contribution in [0.15, 0.2) is 77.8 Å². The first-order valence-corrected chi connectivity index (χ1v) is 11.7. The van der Waals surface area contributed by atoms with Crippen molar-refractivity contribution in [3.8, 4) is 11.5 Å². The van der Waals surface area contributed by atoms with E-state index in [0.717, 1.165) is 56.2 Å². The summed E-state index contributed by atoms with van der Waals surface area (Å²) in [6.07, 6.45) is 2.79. The first-order chi connectivity index (χ1) is 16.2. The summed E-state index contributed by atoms with van der Waals surface area (Å²) in [5.74, 6) is 1.77. The molecule has 0 bridgehead atoms. The van der Waals surface area contributed by atoms with E-state index in [4.69, 9.17) is 19.2 Å². The molecule has 4 heteroatoms. The third kappa shape index (κ3) is 4.16. The van der Waals surface area contributed by atoms with E-state index in [-0.39, 0.29) is 11.3 Å². The van der Waals surface area contributed by atoms with Crippen LogP contribution in [0.5, 0.6) is 11.5 Å². The lowest BCUT2D eigenvalue weighted by Gasteiger charge is -2.41. The van der Waals surface area contributed by atoms with Crippen molar-refractivity contribution in [3.05, 3.63) is 95.1 Å². The number of hydrogen-bond acceptors (Lipinski definition) is 4. The Hall–Kier alpha value is -3.11. The largest absolute Gasteiger partial charge is 0.493 e. The average Bonchev–Trinajstić information content (AvgIpc) is 2.89. The summed E-state index contributed by atoms with van der Waals surface area (Å²) in [4.78, 5) is 5.23. The Balaban J connectivity index is 1.60. The van der Waals surface area contributed by atoms with Gasteiger partial charge in [0.15, 0.2) is 11.5 Å². The van der Waals surface area contributed by atoms with Gasteiger partial charge in [0.2, 0.25) is 0 Å². The van der Waals surface area contributed by atoms with Crippen molar-refractivity contribution in [2.24, 2.45) is 4.99 Å². The first kappa shape index (κ1) is 21.7. The molecule has 0 amide bonds. The molecule has 170 valence electrons. The second kappa shape index (κ2) is 9.40. The maximum absolute atomic E-state index is 5.72. The van der Waals surface area contributed by atoms with Gasteiger partial charge in [-0.3, -0.25) is 4.99 Å². The van der Waals surface area contributed by atoms with Gasteiger partial charge in [0.25, 0.3) is 0 Å². The van der Waals surface area contributed by atoms with Crippen LogP contribution in [0, 0.1) is 0 Å². The van der Waals surface area contributed by atoms with Crippen LogP contribution in [0.2, 0.25) is 0 Å².